The fourth-order valence-electron chi connectivity index (χ4n) is 4.62. The summed E-state index contributed by atoms with van der Waals surface area (Å²) in [5, 5.41) is 112. The van der Waals surface area contributed by atoms with E-state index in [4.69, 9.17) is 18.9 Å². The maximum atomic E-state index is 11.8. The van der Waals surface area contributed by atoms with Crippen LogP contribution >= 0.6 is 0 Å². The van der Waals surface area contributed by atoms with E-state index >= 15 is 0 Å². The number of aliphatic hydroxyl groups is 8. The molecule has 3 rings (SSSR count). The Kier molecular flexibility index (Phi) is 10.2. The molecule has 11 N–H and O–H groups in total. The Hall–Kier alpha value is -2.35. The number of unbranched alkanes of at least 4 members (excludes halogenated alkanes) is 2. The van der Waals surface area contributed by atoms with Gasteiger partial charge in [0, 0.05) is 5.56 Å². The third-order valence-corrected chi connectivity index (χ3v) is 7.06. The zero-order valence-corrected chi connectivity index (χ0v) is 21.5. The molecule has 2 saturated heterocycles. The minimum Gasteiger partial charge on any atom is -0.504 e. The number of phenolic OH excluding ortho intramolecular Hbond substituents is 2. The zero-order valence-electron chi connectivity index (χ0n) is 21.5. The van der Waals surface area contributed by atoms with Crippen LogP contribution in [0.4, 0.5) is 0 Å². The Bertz CT molecular complexity index is 1040. The van der Waals surface area contributed by atoms with E-state index in [2.05, 4.69) is 0 Å². The predicted octanol–water partition coefficient (Wildman–Crippen LogP) is -3.15. The Morgan fingerprint density at radius 1 is 1.05 bits per heavy atom. The molecule has 16 heteroatoms. The van der Waals surface area contributed by atoms with Crippen molar-refractivity contribution in [3.05, 3.63) is 17.2 Å². The van der Waals surface area contributed by atoms with Gasteiger partial charge in [0.2, 0.25) is 12.0 Å². The van der Waals surface area contributed by atoms with Gasteiger partial charge < -0.3 is 75.1 Å². The lowest BCUT2D eigenvalue weighted by atomic mass is 9.93. The SMILES string of the molecule is CCCCCc1c(C(=O)O)cc(O)c(O)c1O[C@H]1O[C@H](CO[C@@]2(O)O[C@H](CO)[C@](O)(CO)[C@H]2O)[C@@H](O)[C@H](O)[C@H]1O. The summed E-state index contributed by atoms with van der Waals surface area (Å²) < 4.78 is 21.1. The number of carboxylic acid groups (broad SMARTS) is 1. The first kappa shape index (κ1) is 32.2. The molecule has 16 nitrogen and oxygen atoms in total. The van der Waals surface area contributed by atoms with Crippen LogP contribution in [0.25, 0.3) is 0 Å². The zero-order chi connectivity index (χ0) is 30.0. The minimum absolute atomic E-state index is 0.0319. The summed E-state index contributed by atoms with van der Waals surface area (Å²) in [4.78, 5) is 11.8. The molecule has 2 fully saturated rings. The van der Waals surface area contributed by atoms with E-state index in [9.17, 15) is 61.0 Å². The van der Waals surface area contributed by atoms with Crippen molar-refractivity contribution >= 4 is 5.97 Å². The van der Waals surface area contributed by atoms with Crippen LogP contribution in [0, 0.1) is 0 Å². The van der Waals surface area contributed by atoms with Crippen molar-refractivity contribution in [2.75, 3.05) is 19.8 Å². The minimum atomic E-state index is -3.02. The van der Waals surface area contributed by atoms with Gasteiger partial charge in [0.25, 0.3) is 0 Å². The Labute approximate surface area is 227 Å². The second-order valence-corrected chi connectivity index (χ2v) is 9.78. The second kappa shape index (κ2) is 12.7. The number of aliphatic hydroxyl groups excluding tert-OH is 6. The smallest absolute Gasteiger partial charge is 0.336 e. The molecule has 1 aromatic carbocycles. The monoisotopic (exact) mass is 580 g/mol. The van der Waals surface area contributed by atoms with Crippen molar-refractivity contribution in [3.63, 3.8) is 0 Å². The molecule has 228 valence electrons. The van der Waals surface area contributed by atoms with Gasteiger partial charge in [-0.25, -0.2) is 4.79 Å². The van der Waals surface area contributed by atoms with Crippen LogP contribution in [-0.2, 0) is 20.6 Å². The summed E-state index contributed by atoms with van der Waals surface area (Å²) in [7, 11) is 0. The first-order valence-corrected chi connectivity index (χ1v) is 12.6. The van der Waals surface area contributed by atoms with E-state index in [0.29, 0.717) is 12.8 Å². The summed E-state index contributed by atoms with van der Waals surface area (Å²) in [5.41, 5.74) is -2.95. The standard InChI is InChI=1S/C24H36O16/c1-2-3-4-5-10-11(20(32)33)6-12(27)15(28)19(10)39-21-18(31)17(30)16(29)13(38-21)8-37-24(36)22(34)23(35,9-26)14(7-25)40-24/h6,13-14,16-18,21-22,25-31,34-36H,2-5,7-9H2,1H3,(H,32,33)/t13-,14-,16-,17+,18-,21-,22-,23-,24-/m1/s1. The number of benzene rings is 1. The van der Waals surface area contributed by atoms with E-state index in [1.54, 1.807) is 0 Å². The topological polar surface area (TPSA) is 277 Å². The molecular formula is C24H36O16. The molecule has 9 atom stereocenters. The maximum Gasteiger partial charge on any atom is 0.336 e. The van der Waals surface area contributed by atoms with E-state index in [1.165, 1.54) is 0 Å². The number of phenols is 2. The third kappa shape index (κ3) is 5.97. The van der Waals surface area contributed by atoms with Crippen LogP contribution < -0.4 is 4.74 Å². The largest absolute Gasteiger partial charge is 0.504 e. The number of carbonyl (C=O) groups is 1. The van der Waals surface area contributed by atoms with Crippen molar-refractivity contribution < 1.29 is 79.9 Å². The average Bonchev–Trinajstić information content (AvgIpc) is 3.12. The molecule has 0 aromatic heterocycles. The van der Waals surface area contributed by atoms with Crippen molar-refractivity contribution in [2.24, 2.45) is 0 Å². The first-order valence-electron chi connectivity index (χ1n) is 12.6. The van der Waals surface area contributed by atoms with Gasteiger partial charge in [-0.1, -0.05) is 19.8 Å². The first-order chi connectivity index (χ1) is 18.7. The molecule has 2 aliphatic rings. The molecule has 0 unspecified atom stereocenters. The Balaban J connectivity index is 1.86. The highest BCUT2D eigenvalue weighted by molar-refractivity contribution is 5.91. The van der Waals surface area contributed by atoms with E-state index in [1.807, 2.05) is 6.92 Å². The van der Waals surface area contributed by atoms with Crippen LogP contribution in [0.2, 0.25) is 0 Å². The number of aromatic hydroxyl groups is 2. The van der Waals surface area contributed by atoms with Crippen LogP contribution in [0.3, 0.4) is 0 Å². The predicted molar refractivity (Wildman–Crippen MR) is 128 cm³/mol. The van der Waals surface area contributed by atoms with Crippen LogP contribution in [0.1, 0.15) is 42.1 Å². The molecule has 2 aliphatic heterocycles. The van der Waals surface area contributed by atoms with E-state index in [-0.39, 0.29) is 12.0 Å². The second-order valence-electron chi connectivity index (χ2n) is 9.78. The van der Waals surface area contributed by atoms with Crippen molar-refractivity contribution in [3.8, 4) is 17.2 Å². The highest BCUT2D eigenvalue weighted by atomic mass is 16.8. The lowest BCUT2D eigenvalue weighted by Crippen LogP contribution is -2.61. The van der Waals surface area contributed by atoms with Crippen molar-refractivity contribution in [1.82, 2.24) is 0 Å². The number of hydrogen-bond donors (Lipinski definition) is 11. The third-order valence-electron chi connectivity index (χ3n) is 7.06. The molecular weight excluding hydrogens is 544 g/mol. The summed E-state index contributed by atoms with van der Waals surface area (Å²) in [6.07, 6.45) is -11.3. The van der Waals surface area contributed by atoms with Crippen molar-refractivity contribution in [1.29, 1.82) is 0 Å². The van der Waals surface area contributed by atoms with Crippen LogP contribution in [0.15, 0.2) is 6.07 Å². The molecule has 0 bridgehead atoms. The summed E-state index contributed by atoms with van der Waals surface area (Å²) in [6.45, 7) is -1.06. The molecule has 40 heavy (non-hydrogen) atoms. The van der Waals surface area contributed by atoms with Gasteiger partial charge in [-0.15, -0.1) is 0 Å². The van der Waals surface area contributed by atoms with E-state index < -0.39 is 103 Å². The molecule has 0 amide bonds. The number of hydrogen-bond acceptors (Lipinski definition) is 15. The molecule has 0 saturated carbocycles. The average molecular weight is 581 g/mol. The molecule has 0 radical (unpaired) electrons. The molecule has 2 heterocycles. The van der Waals surface area contributed by atoms with Gasteiger partial charge in [-0.05, 0) is 18.9 Å². The molecule has 0 spiro atoms. The number of ether oxygens (including phenoxy) is 4. The fraction of sp³-hybridized carbons (Fsp3) is 0.708. The maximum absolute atomic E-state index is 11.8. The fourth-order valence-corrected chi connectivity index (χ4v) is 4.62. The summed E-state index contributed by atoms with van der Waals surface area (Å²) in [6, 6.07) is 0.833. The van der Waals surface area contributed by atoms with Gasteiger partial charge in [0.15, 0.2) is 17.6 Å². The normalized spacial score (nSPS) is 36.1. The van der Waals surface area contributed by atoms with Gasteiger partial charge in [0.1, 0.15) is 36.1 Å². The Morgan fingerprint density at radius 3 is 2.27 bits per heavy atom. The van der Waals surface area contributed by atoms with Crippen molar-refractivity contribution in [2.45, 2.75) is 87.1 Å². The summed E-state index contributed by atoms with van der Waals surface area (Å²) >= 11 is 0. The molecule has 1 aromatic rings. The summed E-state index contributed by atoms with van der Waals surface area (Å²) in [5.74, 6) is -6.71. The van der Waals surface area contributed by atoms with Gasteiger partial charge in [-0.2, -0.15) is 0 Å². The number of aromatic carboxylic acids is 1. The molecule has 0 aliphatic carbocycles. The number of carboxylic acids is 1. The van der Waals surface area contributed by atoms with Crippen LogP contribution in [0.5, 0.6) is 17.2 Å². The quantitative estimate of drug-likeness (QED) is 0.0661. The van der Waals surface area contributed by atoms with Gasteiger partial charge >= 0.3 is 11.9 Å². The highest BCUT2D eigenvalue weighted by Crippen LogP contribution is 2.43. The van der Waals surface area contributed by atoms with Gasteiger partial charge in [-0.3, -0.25) is 0 Å². The highest BCUT2D eigenvalue weighted by Gasteiger charge is 2.64. The van der Waals surface area contributed by atoms with Gasteiger partial charge in [0.05, 0.1) is 25.4 Å². The number of rotatable bonds is 12. The van der Waals surface area contributed by atoms with E-state index in [0.717, 1.165) is 12.5 Å². The van der Waals surface area contributed by atoms with Crippen LogP contribution in [-0.4, -0.2) is 136 Å². The lowest BCUT2D eigenvalue weighted by molar-refractivity contribution is -0.390. The lowest BCUT2D eigenvalue weighted by Gasteiger charge is -2.41. The Morgan fingerprint density at radius 2 is 1.73 bits per heavy atom.